The van der Waals surface area contributed by atoms with Gasteiger partial charge in [0, 0.05) is 0 Å². The zero-order valence-corrected chi connectivity index (χ0v) is 13.1. The quantitative estimate of drug-likeness (QED) is 0.530. The minimum absolute atomic E-state index is 0.835. The van der Waals surface area contributed by atoms with Crippen LogP contribution in [0.2, 0.25) is 0 Å². The van der Waals surface area contributed by atoms with E-state index in [1.54, 1.807) is 0 Å². The molecule has 0 atom stereocenters. The molecule has 0 saturated carbocycles. The van der Waals surface area contributed by atoms with Gasteiger partial charge >= 0.3 is 0 Å². The largest absolute Gasteiger partial charge is 0.303 e. The van der Waals surface area contributed by atoms with Crippen molar-refractivity contribution in [3.8, 4) is 0 Å². The van der Waals surface area contributed by atoms with Gasteiger partial charge in [-0.2, -0.15) is 0 Å². The van der Waals surface area contributed by atoms with Crippen molar-refractivity contribution in [1.29, 1.82) is 0 Å². The van der Waals surface area contributed by atoms with Crippen molar-refractivity contribution in [2.75, 3.05) is 19.6 Å². The summed E-state index contributed by atoms with van der Waals surface area (Å²) in [7, 11) is 0. The predicted octanol–water partition coefficient (Wildman–Crippen LogP) is 4.82. The van der Waals surface area contributed by atoms with E-state index in [1.165, 1.54) is 45.3 Å². The molecule has 0 amide bonds. The molecule has 0 unspecified atom stereocenters. The van der Waals surface area contributed by atoms with E-state index < -0.39 is 0 Å². The summed E-state index contributed by atoms with van der Waals surface area (Å²) in [5, 5.41) is 0. The van der Waals surface area contributed by atoms with E-state index in [2.05, 4.69) is 46.4 Å². The SMILES string of the molecule is CC(C)CCCN(CCC(C)C)CCC(C)C. The van der Waals surface area contributed by atoms with Crippen LogP contribution in [0, 0.1) is 17.8 Å². The van der Waals surface area contributed by atoms with Crippen LogP contribution in [-0.4, -0.2) is 24.5 Å². The van der Waals surface area contributed by atoms with Crippen LogP contribution in [-0.2, 0) is 0 Å². The van der Waals surface area contributed by atoms with Gasteiger partial charge in [-0.05, 0) is 63.1 Å². The predicted molar refractivity (Wildman–Crippen MR) is 79.4 cm³/mol. The Bertz CT molecular complexity index is 149. The summed E-state index contributed by atoms with van der Waals surface area (Å²) in [6.07, 6.45) is 5.44. The van der Waals surface area contributed by atoms with E-state index in [1.807, 2.05) is 0 Å². The summed E-state index contributed by atoms with van der Waals surface area (Å²) >= 11 is 0. The average molecular weight is 241 g/mol. The lowest BCUT2D eigenvalue weighted by atomic mass is 10.1. The van der Waals surface area contributed by atoms with Crippen LogP contribution in [0.15, 0.2) is 0 Å². The molecule has 1 heteroatoms. The second-order valence-electron chi connectivity index (χ2n) is 6.74. The highest BCUT2D eigenvalue weighted by atomic mass is 15.1. The Morgan fingerprint density at radius 3 is 1.35 bits per heavy atom. The fraction of sp³-hybridized carbons (Fsp3) is 1.00. The fourth-order valence-electron chi connectivity index (χ4n) is 1.94. The number of hydrogen-bond donors (Lipinski definition) is 0. The molecule has 0 aliphatic carbocycles. The second-order valence-corrected chi connectivity index (χ2v) is 6.74. The van der Waals surface area contributed by atoms with Gasteiger partial charge in [0.15, 0.2) is 0 Å². The van der Waals surface area contributed by atoms with Crippen molar-refractivity contribution in [3.63, 3.8) is 0 Å². The lowest BCUT2D eigenvalue weighted by Crippen LogP contribution is -2.29. The van der Waals surface area contributed by atoms with Crippen LogP contribution < -0.4 is 0 Å². The smallest absolute Gasteiger partial charge is 0.00163 e. The van der Waals surface area contributed by atoms with Crippen LogP contribution >= 0.6 is 0 Å². The van der Waals surface area contributed by atoms with E-state index >= 15 is 0 Å². The molecule has 0 aliphatic rings. The van der Waals surface area contributed by atoms with Crippen molar-refractivity contribution < 1.29 is 0 Å². The minimum Gasteiger partial charge on any atom is -0.303 e. The summed E-state index contributed by atoms with van der Waals surface area (Å²) in [4.78, 5) is 2.68. The first-order chi connectivity index (χ1) is 7.91. The third-order valence-corrected chi connectivity index (χ3v) is 3.30. The highest BCUT2D eigenvalue weighted by Crippen LogP contribution is 2.10. The summed E-state index contributed by atoms with van der Waals surface area (Å²) in [5.74, 6) is 2.52. The molecule has 0 aromatic heterocycles. The molecule has 104 valence electrons. The Kier molecular flexibility index (Phi) is 9.91. The van der Waals surface area contributed by atoms with Gasteiger partial charge in [-0.15, -0.1) is 0 Å². The highest BCUT2D eigenvalue weighted by molar-refractivity contribution is 4.62. The molecule has 0 aliphatic heterocycles. The van der Waals surface area contributed by atoms with Crippen LogP contribution in [0.4, 0.5) is 0 Å². The number of rotatable bonds is 10. The normalized spacial score (nSPS) is 12.4. The van der Waals surface area contributed by atoms with E-state index in [0.29, 0.717) is 0 Å². The maximum atomic E-state index is 2.68. The molecule has 1 nitrogen and oxygen atoms in total. The Morgan fingerprint density at radius 2 is 1.00 bits per heavy atom. The molecular weight excluding hydrogens is 206 g/mol. The maximum Gasteiger partial charge on any atom is -0.00163 e. The Morgan fingerprint density at radius 1 is 0.588 bits per heavy atom. The third-order valence-electron chi connectivity index (χ3n) is 3.30. The van der Waals surface area contributed by atoms with Crippen LogP contribution in [0.5, 0.6) is 0 Å². The molecule has 0 saturated heterocycles. The minimum atomic E-state index is 0.835. The molecule has 17 heavy (non-hydrogen) atoms. The van der Waals surface area contributed by atoms with Gasteiger partial charge in [0.25, 0.3) is 0 Å². The molecule has 0 aromatic rings. The van der Waals surface area contributed by atoms with E-state index in [-0.39, 0.29) is 0 Å². The topological polar surface area (TPSA) is 3.24 Å². The molecule has 0 rings (SSSR count). The van der Waals surface area contributed by atoms with Crippen LogP contribution in [0.25, 0.3) is 0 Å². The second kappa shape index (κ2) is 9.94. The first-order valence-corrected chi connectivity index (χ1v) is 7.64. The van der Waals surface area contributed by atoms with Crippen LogP contribution in [0.3, 0.4) is 0 Å². The first kappa shape index (κ1) is 17.0. The highest BCUT2D eigenvalue weighted by Gasteiger charge is 2.07. The summed E-state index contributed by atoms with van der Waals surface area (Å²) in [6.45, 7) is 17.9. The Labute approximate surface area is 110 Å². The molecule has 0 fully saturated rings. The number of nitrogens with zero attached hydrogens (tertiary/aromatic N) is 1. The van der Waals surface area contributed by atoms with Crippen molar-refractivity contribution >= 4 is 0 Å². The molecule has 0 N–H and O–H groups in total. The first-order valence-electron chi connectivity index (χ1n) is 7.64. The standard InChI is InChI=1S/C16H35N/c1-14(2)8-7-11-17(12-9-15(3)4)13-10-16(5)6/h14-16H,7-13H2,1-6H3. The Hall–Kier alpha value is -0.0400. The summed E-state index contributed by atoms with van der Waals surface area (Å²) in [6, 6.07) is 0. The van der Waals surface area contributed by atoms with Gasteiger partial charge in [0.05, 0.1) is 0 Å². The molecule has 0 radical (unpaired) electrons. The van der Waals surface area contributed by atoms with E-state index in [9.17, 15) is 0 Å². The van der Waals surface area contributed by atoms with Crippen LogP contribution in [0.1, 0.15) is 67.2 Å². The van der Waals surface area contributed by atoms with Crippen molar-refractivity contribution in [1.82, 2.24) is 4.90 Å². The van der Waals surface area contributed by atoms with E-state index in [4.69, 9.17) is 0 Å². The summed E-state index contributed by atoms with van der Waals surface area (Å²) < 4.78 is 0. The molecule has 0 aromatic carbocycles. The fourth-order valence-corrected chi connectivity index (χ4v) is 1.94. The van der Waals surface area contributed by atoms with Gasteiger partial charge in [-0.1, -0.05) is 41.5 Å². The van der Waals surface area contributed by atoms with Gasteiger partial charge in [0.1, 0.15) is 0 Å². The molecule has 0 spiro atoms. The average Bonchev–Trinajstić information content (AvgIpc) is 2.20. The van der Waals surface area contributed by atoms with Crippen molar-refractivity contribution in [3.05, 3.63) is 0 Å². The van der Waals surface area contributed by atoms with Gasteiger partial charge in [0.2, 0.25) is 0 Å². The molecular formula is C16H35N. The van der Waals surface area contributed by atoms with Crippen molar-refractivity contribution in [2.45, 2.75) is 67.2 Å². The Balaban J connectivity index is 3.84. The summed E-state index contributed by atoms with van der Waals surface area (Å²) in [5.41, 5.74) is 0. The maximum absolute atomic E-state index is 2.68. The lowest BCUT2D eigenvalue weighted by molar-refractivity contribution is 0.235. The van der Waals surface area contributed by atoms with E-state index in [0.717, 1.165) is 17.8 Å². The zero-order chi connectivity index (χ0) is 13.3. The van der Waals surface area contributed by atoms with Crippen molar-refractivity contribution in [2.24, 2.45) is 17.8 Å². The molecule has 0 heterocycles. The zero-order valence-electron chi connectivity index (χ0n) is 13.1. The third kappa shape index (κ3) is 12.2. The van der Waals surface area contributed by atoms with Gasteiger partial charge < -0.3 is 4.90 Å². The van der Waals surface area contributed by atoms with Gasteiger partial charge in [-0.25, -0.2) is 0 Å². The molecule has 0 bridgehead atoms. The van der Waals surface area contributed by atoms with Gasteiger partial charge in [-0.3, -0.25) is 0 Å². The monoisotopic (exact) mass is 241 g/mol. The number of hydrogen-bond acceptors (Lipinski definition) is 1. The lowest BCUT2D eigenvalue weighted by Gasteiger charge is -2.24.